The molecule has 1 unspecified atom stereocenters. The first-order valence-electron chi connectivity index (χ1n) is 14.3. The Morgan fingerprint density at radius 2 is 0.800 bits per heavy atom. The number of rotatable bonds is 23. The van der Waals surface area contributed by atoms with E-state index in [1.807, 2.05) is 0 Å². The van der Waals surface area contributed by atoms with E-state index < -0.39 is 0 Å². The number of hydrogen-bond donors (Lipinski definition) is 0. The lowest BCUT2D eigenvalue weighted by molar-refractivity contribution is 0.485. The van der Waals surface area contributed by atoms with Gasteiger partial charge in [-0.15, -0.1) is 11.8 Å². The molecule has 0 fully saturated rings. The summed E-state index contributed by atoms with van der Waals surface area (Å²) in [5, 5.41) is 0. The zero-order valence-electron chi connectivity index (χ0n) is 21.5. The van der Waals surface area contributed by atoms with Crippen molar-refractivity contribution < 1.29 is 0 Å². The van der Waals surface area contributed by atoms with Gasteiger partial charge in [-0.25, -0.2) is 0 Å². The van der Waals surface area contributed by atoms with E-state index in [2.05, 4.69) is 32.6 Å². The lowest BCUT2D eigenvalue weighted by atomic mass is 9.98. The Morgan fingerprint density at radius 1 is 0.433 bits per heavy atom. The fourth-order valence-corrected chi connectivity index (χ4v) is 4.29. The topological polar surface area (TPSA) is 0 Å². The predicted octanol–water partition coefficient (Wildman–Crippen LogP) is 11.0. The molecule has 0 aliphatic heterocycles. The van der Waals surface area contributed by atoms with Crippen LogP contribution in [0.4, 0.5) is 0 Å². The quantitative estimate of drug-likeness (QED) is 0.114. The minimum Gasteiger partial charge on any atom is -0.103 e. The highest BCUT2D eigenvalue weighted by molar-refractivity contribution is 4.99. The summed E-state index contributed by atoms with van der Waals surface area (Å²) in [5.41, 5.74) is 0. The van der Waals surface area contributed by atoms with Crippen molar-refractivity contribution in [3.63, 3.8) is 0 Å². The molecular formula is C30H58. The average molecular weight is 419 g/mol. The van der Waals surface area contributed by atoms with Crippen molar-refractivity contribution >= 4 is 0 Å². The molecule has 1 atom stereocenters. The van der Waals surface area contributed by atoms with E-state index in [0.717, 1.165) is 18.8 Å². The molecule has 0 heterocycles. The summed E-state index contributed by atoms with van der Waals surface area (Å²) in [6, 6.07) is 0. The molecule has 0 aromatic heterocycles. The minimum atomic E-state index is 0.796. The first kappa shape index (κ1) is 29.6. The van der Waals surface area contributed by atoms with Gasteiger partial charge in [0.25, 0.3) is 0 Å². The third-order valence-corrected chi connectivity index (χ3v) is 6.53. The summed E-state index contributed by atoms with van der Waals surface area (Å²) in [4.78, 5) is 0. The van der Waals surface area contributed by atoms with Crippen LogP contribution in [-0.2, 0) is 0 Å². The smallest absolute Gasteiger partial charge is 0.0114 e. The summed E-state index contributed by atoms with van der Waals surface area (Å²) >= 11 is 0. The van der Waals surface area contributed by atoms with Gasteiger partial charge in [0.2, 0.25) is 0 Å². The third-order valence-electron chi connectivity index (χ3n) is 6.53. The van der Waals surface area contributed by atoms with E-state index in [1.54, 1.807) is 0 Å². The predicted molar refractivity (Wildman–Crippen MR) is 139 cm³/mol. The van der Waals surface area contributed by atoms with Gasteiger partial charge in [0.05, 0.1) is 0 Å². The van der Waals surface area contributed by atoms with E-state index in [-0.39, 0.29) is 0 Å². The Kier molecular flexibility index (Phi) is 26.2. The van der Waals surface area contributed by atoms with Crippen molar-refractivity contribution in [2.24, 2.45) is 5.92 Å². The van der Waals surface area contributed by atoms with Crippen molar-refractivity contribution in [3.8, 4) is 11.8 Å². The van der Waals surface area contributed by atoms with Crippen LogP contribution in [0.25, 0.3) is 0 Å². The fourth-order valence-electron chi connectivity index (χ4n) is 4.29. The fraction of sp³-hybridized carbons (Fsp3) is 0.933. The van der Waals surface area contributed by atoms with Crippen LogP contribution in [0.2, 0.25) is 0 Å². The Hall–Kier alpha value is -0.440. The molecule has 0 radical (unpaired) electrons. The molecule has 0 saturated heterocycles. The average Bonchev–Trinajstić information content (AvgIpc) is 2.75. The van der Waals surface area contributed by atoms with Gasteiger partial charge in [0.15, 0.2) is 0 Å². The maximum Gasteiger partial charge on any atom is 0.0114 e. The van der Waals surface area contributed by atoms with E-state index in [0.29, 0.717) is 0 Å². The molecule has 0 aliphatic rings. The molecule has 0 aromatic rings. The Morgan fingerprint density at radius 3 is 1.23 bits per heavy atom. The molecule has 0 aliphatic carbocycles. The van der Waals surface area contributed by atoms with Gasteiger partial charge in [-0.1, -0.05) is 149 Å². The monoisotopic (exact) mass is 418 g/mol. The highest BCUT2D eigenvalue weighted by Gasteiger charge is 2.00. The highest BCUT2D eigenvalue weighted by Crippen LogP contribution is 2.16. The second-order valence-corrected chi connectivity index (χ2v) is 9.92. The van der Waals surface area contributed by atoms with Gasteiger partial charge < -0.3 is 0 Å². The van der Waals surface area contributed by atoms with Gasteiger partial charge in [-0.3, -0.25) is 0 Å². The zero-order chi connectivity index (χ0) is 22.0. The summed E-state index contributed by atoms with van der Waals surface area (Å²) < 4.78 is 0. The Labute approximate surface area is 192 Å². The normalized spacial score (nSPS) is 12.0. The summed E-state index contributed by atoms with van der Waals surface area (Å²) in [6.07, 6.45) is 33.8. The summed E-state index contributed by atoms with van der Waals surface area (Å²) in [6.45, 7) is 6.96. The van der Waals surface area contributed by atoms with Crippen LogP contribution in [0.1, 0.15) is 175 Å². The molecule has 0 N–H and O–H groups in total. The zero-order valence-corrected chi connectivity index (χ0v) is 21.5. The molecule has 0 amide bonds. The molecule has 0 rings (SSSR count). The SMILES string of the molecule is CCCCCCC#CCC(C)CCCCCCCCCCCCCCCCCCC. The summed E-state index contributed by atoms with van der Waals surface area (Å²) in [7, 11) is 0. The second-order valence-electron chi connectivity index (χ2n) is 9.92. The highest BCUT2D eigenvalue weighted by atomic mass is 14.1. The first-order chi connectivity index (χ1) is 14.8. The van der Waals surface area contributed by atoms with Crippen molar-refractivity contribution in [2.45, 2.75) is 175 Å². The minimum absolute atomic E-state index is 0.796. The maximum absolute atomic E-state index is 3.42. The van der Waals surface area contributed by atoms with Gasteiger partial charge in [-0.2, -0.15) is 0 Å². The largest absolute Gasteiger partial charge is 0.103 e. The molecule has 0 bridgehead atoms. The Balaban J connectivity index is 3.17. The maximum atomic E-state index is 3.42. The van der Waals surface area contributed by atoms with Gasteiger partial charge in [-0.05, 0) is 18.8 Å². The number of hydrogen-bond acceptors (Lipinski definition) is 0. The van der Waals surface area contributed by atoms with E-state index in [9.17, 15) is 0 Å². The van der Waals surface area contributed by atoms with Gasteiger partial charge >= 0.3 is 0 Å². The van der Waals surface area contributed by atoms with Crippen molar-refractivity contribution in [3.05, 3.63) is 0 Å². The van der Waals surface area contributed by atoms with E-state index >= 15 is 0 Å². The summed E-state index contributed by atoms with van der Waals surface area (Å²) in [5.74, 6) is 7.60. The van der Waals surface area contributed by atoms with Crippen LogP contribution in [0.5, 0.6) is 0 Å². The molecule has 30 heavy (non-hydrogen) atoms. The lowest BCUT2D eigenvalue weighted by Gasteiger charge is -2.07. The van der Waals surface area contributed by atoms with Crippen LogP contribution < -0.4 is 0 Å². The molecule has 0 saturated carbocycles. The standard InChI is InChI=1S/C30H58/c1-4-6-8-10-12-13-14-15-16-17-18-19-20-21-23-25-27-29-30(3)28-26-24-22-11-9-7-5-2/h30H,4-23,25,27-29H2,1-3H3. The van der Waals surface area contributed by atoms with Crippen LogP contribution in [0.3, 0.4) is 0 Å². The molecule has 178 valence electrons. The molecule has 0 heteroatoms. The van der Waals surface area contributed by atoms with Crippen LogP contribution in [-0.4, -0.2) is 0 Å². The molecule has 0 aromatic carbocycles. The molecule has 0 nitrogen and oxygen atoms in total. The number of unbranched alkanes of at least 4 members (excludes halogenated alkanes) is 20. The van der Waals surface area contributed by atoms with Crippen LogP contribution >= 0.6 is 0 Å². The van der Waals surface area contributed by atoms with Crippen molar-refractivity contribution in [2.75, 3.05) is 0 Å². The van der Waals surface area contributed by atoms with Crippen LogP contribution in [0, 0.1) is 17.8 Å². The molecular weight excluding hydrogens is 360 g/mol. The lowest BCUT2D eigenvalue weighted by Crippen LogP contribution is -1.93. The van der Waals surface area contributed by atoms with Gasteiger partial charge in [0, 0.05) is 12.8 Å². The van der Waals surface area contributed by atoms with E-state index in [1.165, 1.54) is 141 Å². The first-order valence-corrected chi connectivity index (χ1v) is 14.3. The second kappa shape index (κ2) is 26.6. The van der Waals surface area contributed by atoms with E-state index in [4.69, 9.17) is 0 Å². The Bertz CT molecular complexity index is 358. The molecule has 0 spiro atoms. The van der Waals surface area contributed by atoms with Crippen molar-refractivity contribution in [1.29, 1.82) is 0 Å². The van der Waals surface area contributed by atoms with Gasteiger partial charge in [0.1, 0.15) is 0 Å². The van der Waals surface area contributed by atoms with Crippen LogP contribution in [0.15, 0.2) is 0 Å². The third kappa shape index (κ3) is 25.6. The van der Waals surface area contributed by atoms with Crippen molar-refractivity contribution in [1.82, 2.24) is 0 Å².